The maximum absolute atomic E-state index is 11.2. The van der Waals surface area contributed by atoms with Gasteiger partial charge in [-0.3, -0.25) is 9.78 Å². The van der Waals surface area contributed by atoms with E-state index >= 15 is 0 Å². The molecule has 3 N–H and O–H groups in total. The first kappa shape index (κ1) is 20.6. The Morgan fingerprint density at radius 3 is 2.48 bits per heavy atom. The number of phenols is 1. The lowest BCUT2D eigenvalue weighted by atomic mass is 9.91. The molecule has 0 aliphatic carbocycles. The number of aromatic nitrogens is 2. The lowest BCUT2D eigenvalue weighted by Crippen LogP contribution is -2.02. The van der Waals surface area contributed by atoms with E-state index in [1.165, 1.54) is 6.07 Å². The fourth-order valence-corrected chi connectivity index (χ4v) is 3.03. The van der Waals surface area contributed by atoms with Gasteiger partial charge in [0.25, 0.3) is 5.56 Å². The van der Waals surface area contributed by atoms with E-state index in [4.69, 9.17) is 4.52 Å². The van der Waals surface area contributed by atoms with Crippen LogP contribution in [0.2, 0.25) is 0 Å². The van der Waals surface area contributed by atoms with E-state index in [9.17, 15) is 15.0 Å². The molecule has 0 radical (unpaired) electrons. The molecule has 0 fully saturated rings. The van der Waals surface area contributed by atoms with Crippen LogP contribution in [0.5, 0.6) is 11.5 Å². The Bertz CT molecular complexity index is 978. The molecule has 0 saturated heterocycles. The van der Waals surface area contributed by atoms with Gasteiger partial charge in [-0.25, -0.2) is 0 Å². The summed E-state index contributed by atoms with van der Waals surface area (Å²) in [6.45, 7) is 6.01. The first-order valence-corrected chi connectivity index (χ1v) is 8.55. The number of halogens is 1. The summed E-state index contributed by atoms with van der Waals surface area (Å²) in [6, 6.07) is 8.38. The van der Waals surface area contributed by atoms with Crippen molar-refractivity contribution < 1.29 is 14.7 Å². The largest absolute Gasteiger partial charge is 0.507 e. The third kappa shape index (κ3) is 4.34. The molecule has 3 aromatic rings. The van der Waals surface area contributed by atoms with Crippen molar-refractivity contribution in [1.82, 2.24) is 10.1 Å². The molecule has 0 spiro atoms. The minimum Gasteiger partial charge on any atom is -0.507 e. The number of hydrogen-bond donors (Lipinski definition) is 3. The van der Waals surface area contributed by atoms with Crippen LogP contribution in [0, 0.1) is 0 Å². The van der Waals surface area contributed by atoms with Gasteiger partial charge >= 0.3 is 0 Å². The molecule has 0 aliphatic rings. The summed E-state index contributed by atoms with van der Waals surface area (Å²) < 4.78 is 5.04. The number of nitrogens with one attached hydrogen (secondary N) is 1. The van der Waals surface area contributed by atoms with E-state index in [-0.39, 0.29) is 41.3 Å². The quantitative estimate of drug-likeness (QED) is 0.602. The maximum atomic E-state index is 11.2. The summed E-state index contributed by atoms with van der Waals surface area (Å²) in [5, 5.41) is 23.0. The summed E-state index contributed by atoms with van der Waals surface area (Å²) in [5.41, 5.74) is 2.54. The van der Waals surface area contributed by atoms with Gasteiger partial charge in [-0.1, -0.05) is 26.8 Å². The van der Waals surface area contributed by atoms with Gasteiger partial charge in [-0.2, -0.15) is 5.16 Å². The zero-order chi connectivity index (χ0) is 18.8. The van der Waals surface area contributed by atoms with Crippen molar-refractivity contribution in [2.75, 3.05) is 0 Å². The molecule has 0 saturated carbocycles. The van der Waals surface area contributed by atoms with Crippen molar-refractivity contribution in [3.8, 4) is 22.8 Å². The number of aromatic amines is 1. The third-order valence-corrected chi connectivity index (χ3v) is 4.49. The fraction of sp³-hybridized carbons (Fsp3) is 0.300. The Balaban J connectivity index is 0.00000261. The molecule has 6 nitrogen and oxygen atoms in total. The normalized spacial score (nSPS) is 12.0. The Kier molecular flexibility index (Phi) is 6.33. The zero-order valence-corrected chi connectivity index (χ0v) is 16.2. The standard InChI is InChI=1S/C20H22N2O4.ClH/c1-11(2)19-20(25)14(6-7-21-19)8-12(3)13-4-5-15(16(23)9-13)17-10-18(24)22-26-17;/h4-7,9-12,23,25H,8H2,1-3H3,(H,22,24);1H. The molecular formula is C20H23ClN2O4. The minimum absolute atomic E-state index is 0. The zero-order valence-electron chi connectivity index (χ0n) is 15.4. The van der Waals surface area contributed by atoms with Crippen LogP contribution in [-0.2, 0) is 6.42 Å². The summed E-state index contributed by atoms with van der Waals surface area (Å²) >= 11 is 0. The predicted octanol–water partition coefficient (Wildman–Crippen LogP) is 4.33. The lowest BCUT2D eigenvalue weighted by Gasteiger charge is -2.16. The molecule has 0 aliphatic heterocycles. The topological polar surface area (TPSA) is 99.4 Å². The number of pyridine rings is 1. The molecule has 7 heteroatoms. The maximum Gasteiger partial charge on any atom is 0.280 e. The summed E-state index contributed by atoms with van der Waals surface area (Å²) in [4.78, 5) is 15.5. The van der Waals surface area contributed by atoms with Gasteiger partial charge in [-0.05, 0) is 47.6 Å². The highest BCUT2D eigenvalue weighted by atomic mass is 35.5. The molecule has 2 heterocycles. The molecule has 0 amide bonds. The number of aromatic hydroxyl groups is 2. The van der Waals surface area contributed by atoms with Gasteiger partial charge in [-0.15, -0.1) is 12.4 Å². The SMILES string of the molecule is CC(C)c1nccc(CC(C)c2ccc(-c3cc(=O)[nH]o3)c(O)c2)c1O.Cl. The highest BCUT2D eigenvalue weighted by molar-refractivity contribution is 5.85. The lowest BCUT2D eigenvalue weighted by molar-refractivity contribution is 0.420. The van der Waals surface area contributed by atoms with E-state index in [1.807, 2.05) is 32.9 Å². The smallest absolute Gasteiger partial charge is 0.280 e. The summed E-state index contributed by atoms with van der Waals surface area (Å²) in [5.74, 6) is 0.786. The summed E-state index contributed by atoms with van der Waals surface area (Å²) in [7, 11) is 0. The van der Waals surface area contributed by atoms with E-state index in [0.29, 0.717) is 23.4 Å². The summed E-state index contributed by atoms with van der Waals surface area (Å²) in [6.07, 6.45) is 2.33. The van der Waals surface area contributed by atoms with Crippen molar-refractivity contribution in [1.29, 1.82) is 0 Å². The molecule has 1 unspecified atom stereocenters. The molecule has 2 aromatic heterocycles. The molecule has 27 heavy (non-hydrogen) atoms. The van der Waals surface area contributed by atoms with Crippen molar-refractivity contribution >= 4 is 12.4 Å². The van der Waals surface area contributed by atoms with Crippen molar-refractivity contribution in [2.45, 2.75) is 39.0 Å². The second-order valence-electron chi connectivity index (χ2n) is 6.82. The highest BCUT2D eigenvalue weighted by Gasteiger charge is 2.17. The van der Waals surface area contributed by atoms with Crippen LogP contribution in [0.3, 0.4) is 0 Å². The van der Waals surface area contributed by atoms with Crippen LogP contribution < -0.4 is 5.56 Å². The van der Waals surface area contributed by atoms with Crippen LogP contribution in [0.1, 0.15) is 49.4 Å². The van der Waals surface area contributed by atoms with Gasteiger partial charge in [0.15, 0.2) is 5.76 Å². The molecule has 0 bridgehead atoms. The molecule has 1 aromatic carbocycles. The third-order valence-electron chi connectivity index (χ3n) is 4.49. The van der Waals surface area contributed by atoms with Crippen LogP contribution in [0.4, 0.5) is 0 Å². The Hall–Kier alpha value is -2.73. The first-order valence-electron chi connectivity index (χ1n) is 8.55. The average molecular weight is 391 g/mol. The molecule has 144 valence electrons. The van der Waals surface area contributed by atoms with E-state index in [0.717, 1.165) is 11.1 Å². The van der Waals surface area contributed by atoms with Crippen LogP contribution in [-0.4, -0.2) is 20.4 Å². The van der Waals surface area contributed by atoms with Crippen molar-refractivity contribution in [3.63, 3.8) is 0 Å². The Labute approximate surface area is 163 Å². The van der Waals surface area contributed by atoms with Crippen LogP contribution >= 0.6 is 12.4 Å². The van der Waals surface area contributed by atoms with Crippen LogP contribution in [0.25, 0.3) is 11.3 Å². The minimum atomic E-state index is -0.356. The van der Waals surface area contributed by atoms with Gasteiger partial charge in [0.1, 0.15) is 11.5 Å². The molecule has 1 atom stereocenters. The van der Waals surface area contributed by atoms with E-state index in [1.54, 1.807) is 18.3 Å². The molecule has 3 rings (SSSR count). The second-order valence-corrected chi connectivity index (χ2v) is 6.82. The van der Waals surface area contributed by atoms with Crippen molar-refractivity contribution in [3.05, 3.63) is 63.7 Å². The second kappa shape index (κ2) is 8.31. The number of phenolic OH excluding ortho intramolecular Hbond substituents is 1. The van der Waals surface area contributed by atoms with Gasteiger partial charge in [0, 0.05) is 6.20 Å². The number of nitrogens with zero attached hydrogens (tertiary/aromatic N) is 1. The van der Waals surface area contributed by atoms with Gasteiger partial charge in [0.05, 0.1) is 17.3 Å². The van der Waals surface area contributed by atoms with Crippen LogP contribution in [0.15, 0.2) is 45.8 Å². The fourth-order valence-electron chi connectivity index (χ4n) is 3.03. The average Bonchev–Trinajstić information content (AvgIpc) is 3.02. The van der Waals surface area contributed by atoms with E-state index < -0.39 is 0 Å². The first-order chi connectivity index (χ1) is 12.4. The van der Waals surface area contributed by atoms with E-state index in [2.05, 4.69) is 10.1 Å². The molecular weight excluding hydrogens is 368 g/mol. The Morgan fingerprint density at radius 2 is 1.89 bits per heavy atom. The van der Waals surface area contributed by atoms with Crippen molar-refractivity contribution in [2.24, 2.45) is 0 Å². The number of benzene rings is 1. The number of hydrogen-bond acceptors (Lipinski definition) is 5. The monoisotopic (exact) mass is 390 g/mol. The number of rotatable bonds is 5. The van der Waals surface area contributed by atoms with Gasteiger partial charge < -0.3 is 14.7 Å². The highest BCUT2D eigenvalue weighted by Crippen LogP contribution is 2.34. The van der Waals surface area contributed by atoms with Gasteiger partial charge in [0.2, 0.25) is 0 Å². The number of H-pyrrole nitrogens is 1. The Morgan fingerprint density at radius 1 is 1.15 bits per heavy atom. The predicted molar refractivity (Wildman–Crippen MR) is 106 cm³/mol.